The van der Waals surface area contributed by atoms with Gasteiger partial charge in [-0.1, -0.05) is 17.5 Å². The Morgan fingerprint density at radius 2 is 2.05 bits per heavy atom. The third-order valence-corrected chi connectivity index (χ3v) is 3.76. The van der Waals surface area contributed by atoms with E-state index in [1.807, 2.05) is 25.1 Å². The van der Waals surface area contributed by atoms with Gasteiger partial charge in [-0.2, -0.15) is 0 Å². The van der Waals surface area contributed by atoms with Gasteiger partial charge in [0.25, 0.3) is 5.91 Å². The first-order chi connectivity index (χ1) is 10.2. The van der Waals surface area contributed by atoms with Gasteiger partial charge >= 0.3 is 0 Å². The zero-order chi connectivity index (χ0) is 15.2. The van der Waals surface area contributed by atoms with E-state index in [4.69, 9.17) is 9.47 Å². The highest BCUT2D eigenvalue weighted by molar-refractivity contribution is 7.08. The molecular formula is C14H17N3O3S. The van der Waals surface area contributed by atoms with Gasteiger partial charge in [0.2, 0.25) is 0 Å². The van der Waals surface area contributed by atoms with Gasteiger partial charge in [0.1, 0.15) is 4.88 Å². The predicted molar refractivity (Wildman–Crippen MR) is 80.0 cm³/mol. The summed E-state index contributed by atoms with van der Waals surface area (Å²) in [7, 11) is 3.17. The minimum Gasteiger partial charge on any atom is -0.493 e. The number of hydrogen-bond acceptors (Lipinski definition) is 6. The van der Waals surface area contributed by atoms with Crippen molar-refractivity contribution in [3.05, 3.63) is 34.3 Å². The van der Waals surface area contributed by atoms with Crippen molar-refractivity contribution in [2.75, 3.05) is 14.2 Å². The Bertz CT molecular complexity index is 628. The van der Waals surface area contributed by atoms with Crippen molar-refractivity contribution in [3.63, 3.8) is 0 Å². The van der Waals surface area contributed by atoms with Gasteiger partial charge in [-0.15, -0.1) is 5.10 Å². The summed E-state index contributed by atoms with van der Waals surface area (Å²) in [5, 5.41) is 6.79. The van der Waals surface area contributed by atoms with E-state index < -0.39 is 0 Å². The summed E-state index contributed by atoms with van der Waals surface area (Å²) < 4.78 is 14.2. The predicted octanol–water partition coefficient (Wildman–Crippen LogP) is 2.05. The molecular weight excluding hydrogens is 290 g/mol. The lowest BCUT2D eigenvalue weighted by atomic mass is 10.2. The number of hydrogen-bond donors (Lipinski definition) is 1. The number of nitrogens with one attached hydrogen (secondary N) is 1. The second-order valence-corrected chi connectivity index (χ2v) is 5.03. The average molecular weight is 307 g/mol. The Labute approximate surface area is 127 Å². The Hall–Kier alpha value is -2.15. The molecule has 0 fully saturated rings. The molecule has 1 N–H and O–H groups in total. The number of benzene rings is 1. The first kappa shape index (κ1) is 15.2. The van der Waals surface area contributed by atoms with Crippen LogP contribution in [0.25, 0.3) is 0 Å². The Kier molecular flexibility index (Phi) is 5.10. The van der Waals surface area contributed by atoms with Crippen LogP contribution in [0.1, 0.15) is 27.9 Å². The van der Waals surface area contributed by atoms with Crippen LogP contribution in [0.2, 0.25) is 0 Å². The van der Waals surface area contributed by atoms with E-state index in [0.717, 1.165) is 22.8 Å². The molecule has 112 valence electrons. The monoisotopic (exact) mass is 307 g/mol. The number of aromatic nitrogens is 2. The number of amides is 1. The smallest absolute Gasteiger partial charge is 0.265 e. The van der Waals surface area contributed by atoms with Crippen LogP contribution < -0.4 is 14.8 Å². The largest absolute Gasteiger partial charge is 0.493 e. The number of carbonyl (C=O) groups is 1. The van der Waals surface area contributed by atoms with E-state index in [1.54, 1.807) is 14.2 Å². The number of methoxy groups -OCH3 is 2. The zero-order valence-electron chi connectivity index (χ0n) is 12.2. The minimum atomic E-state index is -0.156. The molecule has 0 spiro atoms. The molecule has 21 heavy (non-hydrogen) atoms. The highest BCUT2D eigenvalue weighted by Gasteiger charge is 2.14. The summed E-state index contributed by atoms with van der Waals surface area (Å²) in [6.45, 7) is 2.35. The molecule has 1 heterocycles. The van der Waals surface area contributed by atoms with Crippen LogP contribution in [0, 0.1) is 0 Å². The van der Waals surface area contributed by atoms with E-state index in [2.05, 4.69) is 14.9 Å². The van der Waals surface area contributed by atoms with Gasteiger partial charge in [0, 0.05) is 6.54 Å². The van der Waals surface area contributed by atoms with E-state index in [9.17, 15) is 4.79 Å². The van der Waals surface area contributed by atoms with Crippen LogP contribution >= 0.6 is 11.5 Å². The molecule has 0 unspecified atom stereocenters. The standard InChI is InChI=1S/C14H17N3O3S/c1-4-10-13(21-17-16-10)14(18)15-8-9-5-6-11(19-2)12(7-9)20-3/h5-7H,4,8H2,1-3H3,(H,15,18). The van der Waals surface area contributed by atoms with Crippen molar-refractivity contribution in [2.24, 2.45) is 0 Å². The third kappa shape index (κ3) is 3.49. The lowest BCUT2D eigenvalue weighted by molar-refractivity contribution is 0.0954. The molecule has 0 bridgehead atoms. The van der Waals surface area contributed by atoms with Gasteiger partial charge in [-0.3, -0.25) is 4.79 Å². The molecule has 0 saturated heterocycles. The maximum Gasteiger partial charge on any atom is 0.265 e. The molecule has 0 radical (unpaired) electrons. The number of aryl methyl sites for hydroxylation is 1. The quantitative estimate of drug-likeness (QED) is 0.884. The molecule has 2 aromatic rings. The SMILES string of the molecule is CCc1nnsc1C(=O)NCc1ccc(OC)c(OC)c1. The van der Waals surface area contributed by atoms with Crippen molar-refractivity contribution >= 4 is 17.4 Å². The number of carbonyl (C=O) groups excluding carboxylic acids is 1. The summed E-state index contributed by atoms with van der Waals surface area (Å²) >= 11 is 1.11. The molecule has 0 atom stereocenters. The fraction of sp³-hybridized carbons (Fsp3) is 0.357. The highest BCUT2D eigenvalue weighted by atomic mass is 32.1. The van der Waals surface area contributed by atoms with Gasteiger partial charge in [0.15, 0.2) is 11.5 Å². The molecule has 0 aliphatic rings. The van der Waals surface area contributed by atoms with Gasteiger partial charge in [-0.05, 0) is 35.6 Å². The fourth-order valence-electron chi connectivity index (χ4n) is 1.87. The molecule has 2 rings (SSSR count). The van der Waals surface area contributed by atoms with Gasteiger partial charge in [0.05, 0.1) is 19.9 Å². The maximum absolute atomic E-state index is 12.1. The number of nitrogens with zero attached hydrogens (tertiary/aromatic N) is 2. The fourth-order valence-corrected chi connectivity index (χ4v) is 2.53. The second-order valence-electron chi connectivity index (χ2n) is 4.27. The molecule has 0 saturated carbocycles. The summed E-state index contributed by atoms with van der Waals surface area (Å²) in [6.07, 6.45) is 0.690. The molecule has 1 amide bonds. The number of ether oxygens (including phenoxy) is 2. The first-order valence-electron chi connectivity index (χ1n) is 6.49. The summed E-state index contributed by atoms with van der Waals surface area (Å²) in [5.41, 5.74) is 1.65. The van der Waals surface area contributed by atoms with E-state index >= 15 is 0 Å². The van der Waals surface area contributed by atoms with Crippen LogP contribution in [0.15, 0.2) is 18.2 Å². The Morgan fingerprint density at radius 1 is 1.29 bits per heavy atom. The van der Waals surface area contributed by atoms with Gasteiger partial charge < -0.3 is 14.8 Å². The summed E-state index contributed by atoms with van der Waals surface area (Å²) in [4.78, 5) is 12.7. The molecule has 0 aliphatic heterocycles. The maximum atomic E-state index is 12.1. The van der Waals surface area contributed by atoms with Gasteiger partial charge in [-0.25, -0.2) is 0 Å². The van der Waals surface area contributed by atoms with E-state index in [1.165, 1.54) is 0 Å². The molecule has 1 aromatic carbocycles. The van der Waals surface area contributed by atoms with Crippen molar-refractivity contribution in [3.8, 4) is 11.5 Å². The normalized spacial score (nSPS) is 10.2. The minimum absolute atomic E-state index is 0.156. The molecule has 7 heteroatoms. The lowest BCUT2D eigenvalue weighted by Gasteiger charge is -2.10. The lowest BCUT2D eigenvalue weighted by Crippen LogP contribution is -2.22. The van der Waals surface area contributed by atoms with Crippen molar-refractivity contribution in [1.82, 2.24) is 14.9 Å². The van der Waals surface area contributed by atoms with E-state index in [-0.39, 0.29) is 5.91 Å². The molecule has 0 aliphatic carbocycles. The summed E-state index contributed by atoms with van der Waals surface area (Å²) in [6, 6.07) is 5.53. The van der Waals surface area contributed by atoms with Crippen LogP contribution in [-0.2, 0) is 13.0 Å². The topological polar surface area (TPSA) is 73.3 Å². The first-order valence-corrected chi connectivity index (χ1v) is 7.27. The Balaban J connectivity index is 2.04. The van der Waals surface area contributed by atoms with Crippen LogP contribution in [0.5, 0.6) is 11.5 Å². The average Bonchev–Trinajstić information content (AvgIpc) is 3.00. The van der Waals surface area contributed by atoms with Crippen molar-refractivity contribution in [1.29, 1.82) is 0 Å². The zero-order valence-corrected chi connectivity index (χ0v) is 13.0. The van der Waals surface area contributed by atoms with Crippen molar-refractivity contribution in [2.45, 2.75) is 19.9 Å². The molecule has 1 aromatic heterocycles. The second kappa shape index (κ2) is 7.03. The number of rotatable bonds is 6. The van der Waals surface area contributed by atoms with E-state index in [0.29, 0.717) is 29.3 Å². The third-order valence-electron chi connectivity index (χ3n) is 3.00. The molecule has 6 nitrogen and oxygen atoms in total. The van der Waals surface area contributed by atoms with Crippen LogP contribution in [0.4, 0.5) is 0 Å². The summed E-state index contributed by atoms with van der Waals surface area (Å²) in [5.74, 6) is 1.14. The van der Waals surface area contributed by atoms with Crippen LogP contribution in [0.3, 0.4) is 0 Å². The van der Waals surface area contributed by atoms with Crippen LogP contribution in [-0.4, -0.2) is 29.7 Å². The Morgan fingerprint density at radius 3 is 2.71 bits per heavy atom. The highest BCUT2D eigenvalue weighted by Crippen LogP contribution is 2.27. The van der Waals surface area contributed by atoms with Crippen molar-refractivity contribution < 1.29 is 14.3 Å².